The van der Waals surface area contributed by atoms with Crippen molar-refractivity contribution in [3.05, 3.63) is 33.8 Å². The summed E-state index contributed by atoms with van der Waals surface area (Å²) in [5.41, 5.74) is 1.79. The Morgan fingerprint density at radius 3 is 2.78 bits per heavy atom. The van der Waals surface area contributed by atoms with Crippen molar-refractivity contribution in [2.24, 2.45) is 0 Å². The second kappa shape index (κ2) is 8.24. The molecule has 4 nitrogen and oxygen atoms in total. The first-order valence-electron chi connectivity index (χ1n) is 5.89. The number of carbonyl (C=O) groups excluding carboxylic acids is 1. The van der Waals surface area contributed by atoms with Gasteiger partial charge in [0.05, 0.1) is 6.61 Å². The average Bonchev–Trinajstić information content (AvgIpc) is 2.36. The molecule has 18 heavy (non-hydrogen) atoms. The maximum absolute atomic E-state index is 11.8. The largest absolute Gasteiger partial charge is 0.383 e. The highest BCUT2D eigenvalue weighted by Crippen LogP contribution is 2.17. The fraction of sp³-hybridized carbons (Fsp3) is 0.462. The molecule has 0 aliphatic carbocycles. The van der Waals surface area contributed by atoms with E-state index in [-0.39, 0.29) is 5.91 Å². The zero-order chi connectivity index (χ0) is 13.4. The van der Waals surface area contributed by atoms with Crippen LogP contribution in [-0.4, -0.2) is 39.3 Å². The lowest BCUT2D eigenvalue weighted by Gasteiger charge is -2.07. The number of amides is 1. The molecule has 1 rings (SSSR count). The van der Waals surface area contributed by atoms with E-state index in [0.717, 1.165) is 23.1 Å². The van der Waals surface area contributed by atoms with Gasteiger partial charge in [-0.15, -0.1) is 0 Å². The van der Waals surface area contributed by atoms with Gasteiger partial charge in [-0.25, -0.2) is 0 Å². The van der Waals surface area contributed by atoms with Gasteiger partial charge in [-0.2, -0.15) is 0 Å². The lowest BCUT2D eigenvalue weighted by atomic mass is 10.1. The molecular weight excluding hydrogens is 296 g/mol. The van der Waals surface area contributed by atoms with Crippen LogP contribution in [-0.2, 0) is 4.74 Å². The fourth-order valence-corrected chi connectivity index (χ4v) is 1.78. The topological polar surface area (TPSA) is 50.4 Å². The third-order valence-corrected chi connectivity index (χ3v) is 3.36. The molecule has 0 aromatic heterocycles. The number of halogens is 1. The monoisotopic (exact) mass is 314 g/mol. The normalized spacial score (nSPS) is 10.4. The minimum absolute atomic E-state index is 0.0516. The number of aryl methyl sites for hydroxylation is 1. The van der Waals surface area contributed by atoms with Gasteiger partial charge in [-0.3, -0.25) is 4.79 Å². The van der Waals surface area contributed by atoms with Gasteiger partial charge >= 0.3 is 0 Å². The predicted octanol–water partition coefficient (Wildman–Crippen LogP) is 1.72. The summed E-state index contributed by atoms with van der Waals surface area (Å²) in [7, 11) is 1.67. The van der Waals surface area contributed by atoms with E-state index >= 15 is 0 Å². The van der Waals surface area contributed by atoms with E-state index in [0.29, 0.717) is 18.7 Å². The highest BCUT2D eigenvalue weighted by molar-refractivity contribution is 9.10. The van der Waals surface area contributed by atoms with Gasteiger partial charge in [0.15, 0.2) is 0 Å². The van der Waals surface area contributed by atoms with Crippen LogP contribution in [0.4, 0.5) is 0 Å². The Morgan fingerprint density at radius 1 is 1.33 bits per heavy atom. The Bertz CT molecular complexity index is 397. The second-order valence-electron chi connectivity index (χ2n) is 3.96. The minimum atomic E-state index is -0.0516. The first-order valence-corrected chi connectivity index (χ1v) is 6.68. The molecule has 0 aliphatic rings. The molecule has 0 unspecified atom stereocenters. The molecule has 0 saturated heterocycles. The van der Waals surface area contributed by atoms with Crippen molar-refractivity contribution < 1.29 is 9.53 Å². The minimum Gasteiger partial charge on any atom is -0.383 e. The molecule has 0 radical (unpaired) electrons. The van der Waals surface area contributed by atoms with E-state index in [2.05, 4.69) is 26.6 Å². The number of methoxy groups -OCH3 is 1. The quantitative estimate of drug-likeness (QED) is 0.754. The Kier molecular flexibility index (Phi) is 6.93. The summed E-state index contributed by atoms with van der Waals surface area (Å²) >= 11 is 3.42. The van der Waals surface area contributed by atoms with E-state index in [1.165, 1.54) is 0 Å². The summed E-state index contributed by atoms with van der Waals surface area (Å²) in [5.74, 6) is -0.0516. The van der Waals surface area contributed by atoms with Gasteiger partial charge < -0.3 is 15.4 Å². The first-order chi connectivity index (χ1) is 8.65. The molecule has 100 valence electrons. The second-order valence-corrected chi connectivity index (χ2v) is 4.82. The fourth-order valence-electron chi connectivity index (χ4n) is 1.40. The molecule has 1 aromatic carbocycles. The number of benzene rings is 1. The van der Waals surface area contributed by atoms with Gasteiger partial charge in [-0.1, -0.05) is 22.0 Å². The average molecular weight is 315 g/mol. The third kappa shape index (κ3) is 5.16. The van der Waals surface area contributed by atoms with E-state index in [1.807, 2.05) is 25.1 Å². The van der Waals surface area contributed by atoms with Crippen molar-refractivity contribution in [1.29, 1.82) is 0 Å². The molecule has 0 saturated carbocycles. The van der Waals surface area contributed by atoms with Crippen molar-refractivity contribution in [3.8, 4) is 0 Å². The van der Waals surface area contributed by atoms with Crippen molar-refractivity contribution >= 4 is 21.8 Å². The Morgan fingerprint density at radius 2 is 2.11 bits per heavy atom. The summed E-state index contributed by atoms with van der Waals surface area (Å²) in [4.78, 5) is 11.8. The number of hydrogen-bond acceptors (Lipinski definition) is 3. The van der Waals surface area contributed by atoms with Crippen molar-refractivity contribution in [2.75, 3.05) is 33.4 Å². The SMILES string of the molecule is COCCNCCNC(=O)c1ccc(C)c(Br)c1. The molecule has 0 atom stereocenters. The molecule has 0 bridgehead atoms. The smallest absolute Gasteiger partial charge is 0.251 e. The lowest BCUT2D eigenvalue weighted by Crippen LogP contribution is -2.33. The number of carbonyl (C=O) groups is 1. The molecular formula is C13H19BrN2O2. The Labute approximate surface area is 116 Å². The predicted molar refractivity (Wildman–Crippen MR) is 76.0 cm³/mol. The first kappa shape index (κ1) is 15.1. The van der Waals surface area contributed by atoms with Crippen LogP contribution in [0.1, 0.15) is 15.9 Å². The van der Waals surface area contributed by atoms with Crippen LogP contribution in [0.3, 0.4) is 0 Å². The molecule has 1 amide bonds. The summed E-state index contributed by atoms with van der Waals surface area (Å²) in [5, 5.41) is 6.02. The summed E-state index contributed by atoms with van der Waals surface area (Å²) in [6.45, 7) is 4.81. The number of ether oxygens (including phenoxy) is 1. The van der Waals surface area contributed by atoms with Gasteiger partial charge in [-0.05, 0) is 24.6 Å². The highest BCUT2D eigenvalue weighted by atomic mass is 79.9. The number of nitrogens with one attached hydrogen (secondary N) is 2. The Hall–Kier alpha value is -0.910. The molecule has 5 heteroatoms. The van der Waals surface area contributed by atoms with Crippen LogP contribution in [0.5, 0.6) is 0 Å². The van der Waals surface area contributed by atoms with Crippen molar-refractivity contribution in [1.82, 2.24) is 10.6 Å². The standard InChI is InChI=1S/C13H19BrN2O2/c1-10-3-4-11(9-12(10)14)13(17)16-6-5-15-7-8-18-2/h3-4,9,15H,5-8H2,1-2H3,(H,16,17). The molecule has 0 aliphatic heterocycles. The van der Waals surface area contributed by atoms with Crippen LogP contribution < -0.4 is 10.6 Å². The number of hydrogen-bond donors (Lipinski definition) is 2. The zero-order valence-electron chi connectivity index (χ0n) is 10.8. The lowest BCUT2D eigenvalue weighted by molar-refractivity contribution is 0.0953. The van der Waals surface area contributed by atoms with Crippen LogP contribution >= 0.6 is 15.9 Å². The maximum atomic E-state index is 11.8. The summed E-state index contributed by atoms with van der Waals surface area (Å²) in [6.07, 6.45) is 0. The van der Waals surface area contributed by atoms with E-state index in [9.17, 15) is 4.79 Å². The summed E-state index contributed by atoms with van der Waals surface area (Å²) in [6, 6.07) is 5.59. The maximum Gasteiger partial charge on any atom is 0.251 e. The van der Waals surface area contributed by atoms with E-state index in [4.69, 9.17) is 4.74 Å². The van der Waals surface area contributed by atoms with Crippen molar-refractivity contribution in [3.63, 3.8) is 0 Å². The molecule has 0 spiro atoms. The molecule has 2 N–H and O–H groups in total. The third-order valence-electron chi connectivity index (χ3n) is 2.50. The Balaban J connectivity index is 2.30. The van der Waals surface area contributed by atoms with Gasteiger partial charge in [0, 0.05) is 36.8 Å². The molecule has 0 fully saturated rings. The van der Waals surface area contributed by atoms with E-state index in [1.54, 1.807) is 7.11 Å². The van der Waals surface area contributed by atoms with E-state index < -0.39 is 0 Å². The van der Waals surface area contributed by atoms with Gasteiger partial charge in [0.2, 0.25) is 0 Å². The van der Waals surface area contributed by atoms with Crippen LogP contribution in [0.25, 0.3) is 0 Å². The van der Waals surface area contributed by atoms with Crippen LogP contribution in [0, 0.1) is 6.92 Å². The molecule has 1 aromatic rings. The number of rotatable bonds is 7. The van der Waals surface area contributed by atoms with Gasteiger partial charge in [0.25, 0.3) is 5.91 Å². The molecule has 0 heterocycles. The highest BCUT2D eigenvalue weighted by Gasteiger charge is 2.05. The van der Waals surface area contributed by atoms with Crippen LogP contribution in [0.15, 0.2) is 22.7 Å². The van der Waals surface area contributed by atoms with Gasteiger partial charge in [0.1, 0.15) is 0 Å². The zero-order valence-corrected chi connectivity index (χ0v) is 12.3. The van der Waals surface area contributed by atoms with Crippen molar-refractivity contribution in [2.45, 2.75) is 6.92 Å². The van der Waals surface area contributed by atoms with Crippen LogP contribution in [0.2, 0.25) is 0 Å². The summed E-state index contributed by atoms with van der Waals surface area (Å²) < 4.78 is 5.86.